The van der Waals surface area contributed by atoms with Gasteiger partial charge < -0.3 is 5.32 Å². The van der Waals surface area contributed by atoms with Gasteiger partial charge in [0.05, 0.1) is 10.6 Å². The Morgan fingerprint density at radius 3 is 2.75 bits per heavy atom. The van der Waals surface area contributed by atoms with Crippen molar-refractivity contribution in [1.29, 1.82) is 0 Å². The zero-order valence-electron chi connectivity index (χ0n) is 15.0. The minimum atomic E-state index is -0.126. The van der Waals surface area contributed by atoms with Crippen molar-refractivity contribution in [2.45, 2.75) is 12.8 Å². The van der Waals surface area contributed by atoms with Gasteiger partial charge in [0.1, 0.15) is 0 Å². The van der Waals surface area contributed by atoms with Gasteiger partial charge in [-0.2, -0.15) is 0 Å². The molecule has 0 saturated carbocycles. The van der Waals surface area contributed by atoms with Crippen LogP contribution >= 0.6 is 11.6 Å². The van der Waals surface area contributed by atoms with Crippen LogP contribution in [-0.4, -0.2) is 32.0 Å². The molecule has 0 aliphatic carbocycles. The molecule has 7 heteroatoms. The number of benzene rings is 1. The fourth-order valence-corrected chi connectivity index (χ4v) is 3.17. The smallest absolute Gasteiger partial charge is 0.252 e. The lowest BCUT2D eigenvalue weighted by Crippen LogP contribution is -2.25. The van der Waals surface area contributed by atoms with Gasteiger partial charge in [-0.1, -0.05) is 41.9 Å². The number of rotatable bonds is 6. The van der Waals surface area contributed by atoms with Crippen LogP contribution in [0.25, 0.3) is 17.0 Å². The third-order valence-electron chi connectivity index (χ3n) is 4.40. The largest absolute Gasteiger partial charge is 0.352 e. The Balaban J connectivity index is 1.46. The van der Waals surface area contributed by atoms with E-state index in [0.717, 1.165) is 18.4 Å². The summed E-state index contributed by atoms with van der Waals surface area (Å²) in [5, 5.41) is 11.8. The molecule has 4 aromatic rings. The Morgan fingerprint density at radius 1 is 1.07 bits per heavy atom. The molecule has 0 saturated heterocycles. The number of hydrogen-bond donors (Lipinski definition) is 1. The fourth-order valence-electron chi connectivity index (χ4n) is 3.00. The number of carbonyl (C=O) groups excluding carboxylic acids is 1. The van der Waals surface area contributed by atoms with Gasteiger partial charge in [-0.15, -0.1) is 10.2 Å². The van der Waals surface area contributed by atoms with Crippen molar-refractivity contribution in [2.24, 2.45) is 0 Å². The van der Waals surface area contributed by atoms with E-state index in [2.05, 4.69) is 32.6 Å². The monoisotopic (exact) mass is 391 g/mol. The van der Waals surface area contributed by atoms with Crippen LogP contribution in [-0.2, 0) is 6.42 Å². The average Bonchev–Trinajstić information content (AvgIpc) is 3.15. The third-order valence-corrected chi connectivity index (χ3v) is 4.60. The molecule has 0 unspecified atom stereocenters. The maximum atomic E-state index is 12.5. The summed E-state index contributed by atoms with van der Waals surface area (Å²) in [6.45, 7) is 0.610. The van der Waals surface area contributed by atoms with Crippen molar-refractivity contribution in [2.75, 3.05) is 6.54 Å². The number of halogens is 1. The summed E-state index contributed by atoms with van der Waals surface area (Å²) in [5.74, 6) is 0.461. The third kappa shape index (κ3) is 4.02. The molecule has 0 aliphatic rings. The van der Waals surface area contributed by atoms with Crippen molar-refractivity contribution >= 4 is 23.2 Å². The number of aryl methyl sites for hydroxylation is 1. The number of amides is 1. The van der Waals surface area contributed by atoms with Crippen LogP contribution < -0.4 is 5.32 Å². The molecule has 28 heavy (non-hydrogen) atoms. The molecule has 3 heterocycles. The van der Waals surface area contributed by atoms with Crippen LogP contribution in [0.3, 0.4) is 0 Å². The van der Waals surface area contributed by atoms with Crippen LogP contribution in [0.1, 0.15) is 22.3 Å². The molecule has 4 rings (SSSR count). The van der Waals surface area contributed by atoms with Crippen LogP contribution in [0.4, 0.5) is 0 Å². The lowest BCUT2D eigenvalue weighted by molar-refractivity contribution is 0.0953. The average molecular weight is 392 g/mol. The van der Waals surface area contributed by atoms with E-state index in [-0.39, 0.29) is 5.91 Å². The Bertz CT molecular complexity index is 1110. The molecule has 6 nitrogen and oxygen atoms in total. The minimum Gasteiger partial charge on any atom is -0.352 e. The first-order valence-corrected chi connectivity index (χ1v) is 9.36. The van der Waals surface area contributed by atoms with Crippen LogP contribution in [0.5, 0.6) is 0 Å². The first kappa shape index (κ1) is 18.1. The second-order valence-corrected chi connectivity index (χ2v) is 6.84. The molecule has 3 aromatic heterocycles. The quantitative estimate of drug-likeness (QED) is 0.507. The summed E-state index contributed by atoms with van der Waals surface area (Å²) in [7, 11) is 0. The highest BCUT2D eigenvalue weighted by atomic mass is 35.5. The summed E-state index contributed by atoms with van der Waals surface area (Å²) < 4.78 is 1.77. The van der Waals surface area contributed by atoms with Crippen molar-refractivity contribution in [3.8, 4) is 11.4 Å². The zero-order valence-corrected chi connectivity index (χ0v) is 15.8. The Morgan fingerprint density at radius 2 is 1.93 bits per heavy atom. The van der Waals surface area contributed by atoms with Gasteiger partial charge in [0.25, 0.3) is 5.91 Å². The molecule has 0 aliphatic heterocycles. The summed E-state index contributed by atoms with van der Waals surface area (Å²) >= 11 is 6.03. The molecular weight excluding hydrogens is 374 g/mol. The first-order chi connectivity index (χ1) is 13.7. The van der Waals surface area contributed by atoms with E-state index in [0.29, 0.717) is 28.6 Å². The maximum absolute atomic E-state index is 12.5. The van der Waals surface area contributed by atoms with Gasteiger partial charge in [-0.05, 0) is 36.6 Å². The van der Waals surface area contributed by atoms with Gasteiger partial charge in [0.2, 0.25) is 0 Å². The Kier molecular flexibility index (Phi) is 5.30. The van der Waals surface area contributed by atoms with Crippen molar-refractivity contribution in [3.05, 3.63) is 83.3 Å². The number of nitrogens with zero attached hydrogens (tertiary/aromatic N) is 4. The van der Waals surface area contributed by atoms with E-state index >= 15 is 0 Å². The standard InChI is InChI=1S/C21H18ClN5O/c22-18-11-17(12-23-13-18)20-26-25-19-9-8-16(14-27(19)20)21(28)24-10-4-7-15-5-2-1-3-6-15/h1-3,5-6,8-9,11-14H,4,7,10H2,(H,24,28). The molecule has 0 bridgehead atoms. The number of nitrogens with one attached hydrogen (secondary N) is 1. The Hall–Kier alpha value is -3.25. The van der Waals surface area contributed by atoms with Gasteiger partial charge in [-0.3, -0.25) is 14.2 Å². The number of aromatic nitrogens is 4. The number of fused-ring (bicyclic) bond motifs is 1. The second-order valence-electron chi connectivity index (χ2n) is 6.41. The highest BCUT2D eigenvalue weighted by Gasteiger charge is 2.12. The molecule has 0 radical (unpaired) electrons. The summed E-state index contributed by atoms with van der Waals surface area (Å²) in [6.07, 6.45) is 6.76. The second kappa shape index (κ2) is 8.19. The van der Waals surface area contributed by atoms with E-state index in [1.54, 1.807) is 41.2 Å². The van der Waals surface area contributed by atoms with Crippen LogP contribution in [0, 0.1) is 0 Å². The predicted octanol–water partition coefficient (Wildman–Crippen LogP) is 3.81. The molecule has 0 spiro atoms. The summed E-state index contributed by atoms with van der Waals surface area (Å²) in [4.78, 5) is 16.6. The molecule has 1 amide bonds. The minimum absolute atomic E-state index is 0.126. The number of pyridine rings is 2. The van der Waals surface area contributed by atoms with Gasteiger partial charge >= 0.3 is 0 Å². The summed E-state index contributed by atoms with van der Waals surface area (Å²) in [6, 6.07) is 15.5. The molecule has 1 N–H and O–H groups in total. The van der Waals surface area contributed by atoms with E-state index in [1.807, 2.05) is 18.2 Å². The molecule has 1 aromatic carbocycles. The van der Waals surface area contributed by atoms with E-state index in [4.69, 9.17) is 11.6 Å². The lowest BCUT2D eigenvalue weighted by atomic mass is 10.1. The van der Waals surface area contributed by atoms with Crippen molar-refractivity contribution in [1.82, 2.24) is 24.9 Å². The van der Waals surface area contributed by atoms with Crippen LogP contribution in [0.2, 0.25) is 5.02 Å². The Labute approximate surface area is 167 Å². The number of hydrogen-bond acceptors (Lipinski definition) is 4. The van der Waals surface area contributed by atoms with E-state index in [9.17, 15) is 4.79 Å². The van der Waals surface area contributed by atoms with Gasteiger partial charge in [0.15, 0.2) is 11.5 Å². The van der Waals surface area contributed by atoms with Crippen molar-refractivity contribution < 1.29 is 4.79 Å². The zero-order chi connectivity index (χ0) is 19.3. The number of carbonyl (C=O) groups is 1. The highest BCUT2D eigenvalue weighted by molar-refractivity contribution is 6.30. The van der Waals surface area contributed by atoms with Gasteiger partial charge in [0, 0.05) is 30.7 Å². The van der Waals surface area contributed by atoms with E-state index < -0.39 is 0 Å². The fraction of sp³-hybridized carbons (Fsp3) is 0.143. The molecular formula is C21H18ClN5O. The maximum Gasteiger partial charge on any atom is 0.252 e. The van der Waals surface area contributed by atoms with Crippen LogP contribution in [0.15, 0.2) is 67.1 Å². The molecule has 0 atom stereocenters. The summed E-state index contributed by atoms with van der Waals surface area (Å²) in [5.41, 5.74) is 3.20. The van der Waals surface area contributed by atoms with Crippen molar-refractivity contribution in [3.63, 3.8) is 0 Å². The normalized spacial score (nSPS) is 10.9. The highest BCUT2D eigenvalue weighted by Crippen LogP contribution is 2.21. The molecule has 0 fully saturated rings. The topological polar surface area (TPSA) is 72.2 Å². The van der Waals surface area contributed by atoms with Gasteiger partial charge in [-0.25, -0.2) is 0 Å². The first-order valence-electron chi connectivity index (χ1n) is 8.98. The van der Waals surface area contributed by atoms with E-state index in [1.165, 1.54) is 5.56 Å². The lowest BCUT2D eigenvalue weighted by Gasteiger charge is -2.07. The SMILES string of the molecule is O=C(NCCCc1ccccc1)c1ccc2nnc(-c3cncc(Cl)c3)n2c1. The molecule has 140 valence electrons. The predicted molar refractivity (Wildman–Crippen MR) is 108 cm³/mol.